The maximum Gasteiger partial charge on any atom is 0.253 e. The van der Waals surface area contributed by atoms with Gasteiger partial charge >= 0.3 is 0 Å². The lowest BCUT2D eigenvalue weighted by atomic mass is 10.2. The molecule has 0 bridgehead atoms. The standard InChI is InChI=1S/C22H22N6O6S3/c1-11(19(33)25-23-9-13-3-5-15(29)7-17(13)31)35-21-27-28-22(37-21)36-12(2)20(34)26-24-10-14-4-6-16(30)8-18(14)32/h3-12,29-32H,1-2H3,(H,25,33)(H,26,34)/b23-9+,24-10+. The first-order valence-electron chi connectivity index (χ1n) is 10.5. The molecule has 1 heterocycles. The highest BCUT2D eigenvalue weighted by Gasteiger charge is 2.20. The maximum absolute atomic E-state index is 12.3. The van der Waals surface area contributed by atoms with E-state index in [0.29, 0.717) is 19.8 Å². The van der Waals surface area contributed by atoms with Crippen molar-refractivity contribution in [2.45, 2.75) is 33.0 Å². The smallest absolute Gasteiger partial charge is 0.253 e. The van der Waals surface area contributed by atoms with Crippen LogP contribution in [-0.2, 0) is 9.59 Å². The van der Waals surface area contributed by atoms with Gasteiger partial charge in [0.25, 0.3) is 11.8 Å². The number of rotatable bonds is 10. The van der Waals surface area contributed by atoms with Crippen LogP contribution in [0.3, 0.4) is 0 Å². The Bertz CT molecular complexity index is 1230. The van der Waals surface area contributed by atoms with E-state index in [4.69, 9.17) is 0 Å². The zero-order valence-corrected chi connectivity index (χ0v) is 21.8. The van der Waals surface area contributed by atoms with Crippen LogP contribution in [0, 0.1) is 0 Å². The molecule has 2 aromatic carbocycles. The van der Waals surface area contributed by atoms with Crippen LogP contribution in [0.2, 0.25) is 0 Å². The van der Waals surface area contributed by atoms with E-state index in [0.717, 1.165) is 12.1 Å². The van der Waals surface area contributed by atoms with Gasteiger partial charge in [-0.2, -0.15) is 10.2 Å². The van der Waals surface area contributed by atoms with Crippen LogP contribution in [0.5, 0.6) is 23.0 Å². The van der Waals surface area contributed by atoms with E-state index in [1.807, 2.05) is 0 Å². The Morgan fingerprint density at radius 1 is 0.811 bits per heavy atom. The Kier molecular flexibility index (Phi) is 9.71. The number of hydrogen-bond acceptors (Lipinski definition) is 13. The van der Waals surface area contributed by atoms with Crippen molar-refractivity contribution >= 4 is 59.1 Å². The molecule has 0 spiro atoms. The van der Waals surface area contributed by atoms with Crippen LogP contribution in [0.25, 0.3) is 0 Å². The first-order chi connectivity index (χ1) is 17.6. The number of carbonyl (C=O) groups excluding carboxylic acids is 2. The lowest BCUT2D eigenvalue weighted by molar-refractivity contribution is -0.121. The SMILES string of the molecule is CC(Sc1nnc(SC(C)C(=O)N/N=C/c2ccc(O)cc2O)s1)C(=O)N/N=C/c1ccc(O)cc1O. The molecule has 1 aromatic heterocycles. The summed E-state index contributed by atoms with van der Waals surface area (Å²) >= 11 is 3.57. The van der Waals surface area contributed by atoms with Gasteiger partial charge in [0.05, 0.1) is 22.9 Å². The molecule has 194 valence electrons. The Morgan fingerprint density at radius 3 is 1.59 bits per heavy atom. The van der Waals surface area contributed by atoms with Gasteiger partial charge < -0.3 is 20.4 Å². The minimum atomic E-state index is -0.553. The Hall–Kier alpha value is -3.82. The molecule has 0 fully saturated rings. The summed E-state index contributed by atoms with van der Waals surface area (Å²) in [6, 6.07) is 7.99. The Labute approximate surface area is 223 Å². The van der Waals surface area contributed by atoms with Crippen molar-refractivity contribution in [3.8, 4) is 23.0 Å². The summed E-state index contributed by atoms with van der Waals surface area (Å²) in [5.74, 6) is -1.32. The van der Waals surface area contributed by atoms with E-state index in [2.05, 4.69) is 31.3 Å². The summed E-state index contributed by atoms with van der Waals surface area (Å²) in [7, 11) is 0. The Morgan fingerprint density at radius 2 is 1.22 bits per heavy atom. The number of nitrogens with one attached hydrogen (secondary N) is 2. The van der Waals surface area contributed by atoms with Crippen molar-refractivity contribution in [3.63, 3.8) is 0 Å². The number of benzene rings is 2. The quantitative estimate of drug-likeness (QED) is 0.122. The van der Waals surface area contributed by atoms with Crippen molar-refractivity contribution in [2.24, 2.45) is 10.2 Å². The highest BCUT2D eigenvalue weighted by Crippen LogP contribution is 2.33. The molecular weight excluding hydrogens is 540 g/mol. The molecular formula is C22H22N6O6S3. The molecule has 0 saturated carbocycles. The van der Waals surface area contributed by atoms with E-state index < -0.39 is 22.3 Å². The summed E-state index contributed by atoms with van der Waals surface area (Å²) in [6.45, 7) is 3.34. The third-order valence-corrected chi connectivity index (χ3v) is 7.76. The minimum Gasteiger partial charge on any atom is -0.508 e. The first-order valence-corrected chi connectivity index (χ1v) is 13.1. The molecule has 0 aliphatic rings. The van der Waals surface area contributed by atoms with Crippen molar-refractivity contribution in [1.29, 1.82) is 0 Å². The number of hydrogen-bond donors (Lipinski definition) is 6. The van der Waals surface area contributed by atoms with Gasteiger partial charge in [-0.15, -0.1) is 10.2 Å². The van der Waals surface area contributed by atoms with Crippen LogP contribution in [-0.4, -0.2) is 65.4 Å². The number of nitrogens with zero attached hydrogens (tertiary/aromatic N) is 4. The number of carbonyl (C=O) groups is 2. The molecule has 2 atom stereocenters. The van der Waals surface area contributed by atoms with Gasteiger partial charge in [-0.1, -0.05) is 34.9 Å². The summed E-state index contributed by atoms with van der Waals surface area (Å²) < 4.78 is 1.05. The number of phenols is 4. The average molecular weight is 563 g/mol. The molecule has 37 heavy (non-hydrogen) atoms. The van der Waals surface area contributed by atoms with Gasteiger partial charge in [0.15, 0.2) is 8.68 Å². The normalized spacial score (nSPS) is 13.0. The zero-order valence-electron chi connectivity index (χ0n) is 19.4. The lowest BCUT2D eigenvalue weighted by Crippen LogP contribution is -2.26. The number of aromatic nitrogens is 2. The molecule has 3 rings (SSSR count). The number of hydrazone groups is 2. The topological polar surface area (TPSA) is 190 Å². The second kappa shape index (κ2) is 12.9. The van der Waals surface area contributed by atoms with Gasteiger partial charge in [0, 0.05) is 23.3 Å². The number of phenolic OH excluding ortho intramolecular Hbond substituents is 4. The van der Waals surface area contributed by atoms with Crippen LogP contribution >= 0.6 is 34.9 Å². The van der Waals surface area contributed by atoms with E-state index in [1.165, 1.54) is 71.6 Å². The molecule has 2 unspecified atom stereocenters. The fourth-order valence-electron chi connectivity index (χ4n) is 2.50. The van der Waals surface area contributed by atoms with Gasteiger partial charge in [-0.05, 0) is 38.1 Å². The predicted molar refractivity (Wildman–Crippen MR) is 142 cm³/mol. The van der Waals surface area contributed by atoms with E-state index in [1.54, 1.807) is 13.8 Å². The molecule has 0 aliphatic carbocycles. The van der Waals surface area contributed by atoms with Gasteiger partial charge in [-0.25, -0.2) is 10.9 Å². The van der Waals surface area contributed by atoms with E-state index in [-0.39, 0.29) is 23.0 Å². The average Bonchev–Trinajstić information content (AvgIpc) is 3.28. The van der Waals surface area contributed by atoms with E-state index >= 15 is 0 Å². The summed E-state index contributed by atoms with van der Waals surface area (Å²) in [6.07, 6.45) is 2.52. The molecule has 12 nitrogen and oxygen atoms in total. The molecule has 0 aliphatic heterocycles. The van der Waals surface area contributed by atoms with Crippen LogP contribution in [0.4, 0.5) is 0 Å². The largest absolute Gasteiger partial charge is 0.508 e. The zero-order chi connectivity index (χ0) is 26.9. The van der Waals surface area contributed by atoms with Gasteiger partial charge in [0.1, 0.15) is 23.0 Å². The third kappa shape index (κ3) is 8.37. The van der Waals surface area contributed by atoms with Gasteiger partial charge in [-0.3, -0.25) is 9.59 Å². The molecule has 3 aromatic rings. The monoisotopic (exact) mass is 562 g/mol. The van der Waals surface area contributed by atoms with E-state index in [9.17, 15) is 30.0 Å². The first kappa shape index (κ1) is 27.8. The fraction of sp³-hybridized carbons (Fsp3) is 0.182. The molecule has 0 radical (unpaired) electrons. The predicted octanol–water partition coefficient (Wildman–Crippen LogP) is 2.62. The van der Waals surface area contributed by atoms with Crippen molar-refractivity contribution < 1.29 is 30.0 Å². The molecule has 0 saturated heterocycles. The molecule has 6 N–H and O–H groups in total. The molecule has 15 heteroatoms. The van der Waals surface area contributed by atoms with Crippen LogP contribution < -0.4 is 10.9 Å². The van der Waals surface area contributed by atoms with Crippen LogP contribution in [0.1, 0.15) is 25.0 Å². The van der Waals surface area contributed by atoms with Crippen molar-refractivity contribution in [1.82, 2.24) is 21.0 Å². The maximum atomic E-state index is 12.3. The highest BCUT2D eigenvalue weighted by atomic mass is 32.2. The second-order valence-electron chi connectivity index (χ2n) is 7.31. The minimum absolute atomic E-state index is 0.0893. The Balaban J connectivity index is 1.46. The summed E-state index contributed by atoms with van der Waals surface area (Å²) in [5.41, 5.74) is 5.41. The lowest BCUT2D eigenvalue weighted by Gasteiger charge is -2.07. The number of amides is 2. The highest BCUT2D eigenvalue weighted by molar-refractivity contribution is 8.04. The third-order valence-electron chi connectivity index (χ3n) is 4.47. The van der Waals surface area contributed by atoms with Crippen LogP contribution in [0.15, 0.2) is 55.3 Å². The fourth-order valence-corrected chi connectivity index (χ4v) is 5.79. The van der Waals surface area contributed by atoms with Gasteiger partial charge in [0.2, 0.25) is 0 Å². The number of thioether (sulfide) groups is 2. The van der Waals surface area contributed by atoms with Crippen molar-refractivity contribution in [2.75, 3.05) is 0 Å². The van der Waals surface area contributed by atoms with Crippen molar-refractivity contribution in [3.05, 3.63) is 47.5 Å². The number of aromatic hydroxyl groups is 4. The summed E-state index contributed by atoms with van der Waals surface area (Å²) in [5, 5.41) is 52.7. The summed E-state index contributed by atoms with van der Waals surface area (Å²) in [4.78, 5) is 24.6. The molecule has 2 amide bonds. The second-order valence-corrected chi connectivity index (χ2v) is 11.5.